The van der Waals surface area contributed by atoms with Gasteiger partial charge in [-0.05, 0) is 39.8 Å². The largest absolute Gasteiger partial charge is 0.374 e. The van der Waals surface area contributed by atoms with Gasteiger partial charge >= 0.3 is 0 Å². The number of hydrogen-bond acceptors (Lipinski definition) is 4. The lowest BCUT2D eigenvalue weighted by molar-refractivity contribution is 0.000640. The van der Waals surface area contributed by atoms with E-state index in [2.05, 4.69) is 16.4 Å². The van der Waals surface area contributed by atoms with Gasteiger partial charge in [0.25, 0.3) is 0 Å². The van der Waals surface area contributed by atoms with E-state index in [0.717, 1.165) is 5.69 Å². The molecule has 0 unspecified atom stereocenters. The maximum atomic E-state index is 8.87. The minimum absolute atomic E-state index is 0.243. The summed E-state index contributed by atoms with van der Waals surface area (Å²) in [6, 6.07) is 5.63. The molecule has 1 heterocycles. The zero-order valence-electron chi connectivity index (χ0n) is 10.9. The summed E-state index contributed by atoms with van der Waals surface area (Å²) in [5.74, 6) is 0.717. The highest BCUT2D eigenvalue weighted by atomic mass is 16.5. The fourth-order valence-electron chi connectivity index (χ4n) is 1.57. The van der Waals surface area contributed by atoms with E-state index in [-0.39, 0.29) is 5.60 Å². The zero-order valence-corrected chi connectivity index (χ0v) is 10.9. The van der Waals surface area contributed by atoms with Crippen molar-refractivity contribution in [1.29, 1.82) is 5.26 Å². The van der Waals surface area contributed by atoms with Gasteiger partial charge in [0.05, 0.1) is 17.2 Å². The van der Waals surface area contributed by atoms with E-state index in [9.17, 15) is 0 Å². The molecule has 4 nitrogen and oxygen atoms in total. The van der Waals surface area contributed by atoms with Gasteiger partial charge in [0.2, 0.25) is 0 Å². The van der Waals surface area contributed by atoms with Crippen LogP contribution in [0.25, 0.3) is 0 Å². The van der Waals surface area contributed by atoms with Gasteiger partial charge in [0, 0.05) is 18.8 Å². The monoisotopic (exact) mass is 233 g/mol. The molecule has 0 atom stereocenters. The van der Waals surface area contributed by atoms with E-state index in [1.807, 2.05) is 27.7 Å². The summed E-state index contributed by atoms with van der Waals surface area (Å²) >= 11 is 0. The summed E-state index contributed by atoms with van der Waals surface area (Å²) in [5.41, 5.74) is 1.21. The summed E-state index contributed by atoms with van der Waals surface area (Å²) in [4.78, 5) is 4.33. The Morgan fingerprint density at radius 3 is 2.76 bits per heavy atom. The molecule has 92 valence electrons. The first-order valence-corrected chi connectivity index (χ1v) is 5.73. The van der Waals surface area contributed by atoms with Gasteiger partial charge in [-0.2, -0.15) is 5.26 Å². The van der Waals surface area contributed by atoms with Crippen molar-refractivity contribution < 1.29 is 4.74 Å². The molecule has 0 fully saturated rings. The molecule has 1 rings (SSSR count). The van der Waals surface area contributed by atoms with Gasteiger partial charge < -0.3 is 10.1 Å². The second-order valence-corrected chi connectivity index (χ2v) is 4.54. The zero-order chi connectivity index (χ0) is 12.9. The minimum atomic E-state index is -0.243. The third-order valence-electron chi connectivity index (χ3n) is 2.31. The van der Waals surface area contributed by atoms with Crippen molar-refractivity contribution in [3.05, 3.63) is 23.4 Å². The number of nitrogens with one attached hydrogen (secondary N) is 1. The number of rotatable bonds is 5. The first-order valence-electron chi connectivity index (χ1n) is 5.73. The molecule has 0 saturated carbocycles. The SMILES string of the molecule is CCOC(C)(C)CNc1cc(C#N)cc(C)n1. The molecule has 0 bridgehead atoms. The molecular weight excluding hydrogens is 214 g/mol. The quantitative estimate of drug-likeness (QED) is 0.848. The molecule has 1 aromatic rings. The van der Waals surface area contributed by atoms with E-state index < -0.39 is 0 Å². The first-order chi connectivity index (χ1) is 7.96. The summed E-state index contributed by atoms with van der Waals surface area (Å²) in [6.07, 6.45) is 0. The van der Waals surface area contributed by atoms with Crippen molar-refractivity contribution in [2.75, 3.05) is 18.5 Å². The predicted octanol–water partition coefficient (Wildman–Crippen LogP) is 2.49. The molecule has 0 aromatic carbocycles. The van der Waals surface area contributed by atoms with Crippen LogP contribution in [0.15, 0.2) is 12.1 Å². The Hall–Kier alpha value is -1.60. The highest BCUT2D eigenvalue weighted by molar-refractivity contribution is 5.44. The van der Waals surface area contributed by atoms with E-state index in [1.54, 1.807) is 12.1 Å². The normalized spacial score (nSPS) is 11.0. The van der Waals surface area contributed by atoms with Gasteiger partial charge in [0.1, 0.15) is 5.82 Å². The van der Waals surface area contributed by atoms with Crippen LogP contribution in [0, 0.1) is 18.3 Å². The van der Waals surface area contributed by atoms with Gasteiger partial charge in [0.15, 0.2) is 0 Å². The van der Waals surface area contributed by atoms with Crippen LogP contribution < -0.4 is 5.32 Å². The van der Waals surface area contributed by atoms with Gasteiger partial charge in [-0.25, -0.2) is 4.98 Å². The highest BCUT2D eigenvalue weighted by Crippen LogP contribution is 2.13. The molecule has 0 aliphatic heterocycles. The van der Waals surface area contributed by atoms with Crippen LogP contribution in [-0.2, 0) is 4.74 Å². The molecule has 1 N–H and O–H groups in total. The summed E-state index contributed by atoms with van der Waals surface area (Å²) in [5, 5.41) is 12.1. The van der Waals surface area contributed by atoms with E-state index in [1.165, 1.54) is 0 Å². The Bertz CT molecular complexity index is 421. The van der Waals surface area contributed by atoms with Gasteiger partial charge in [-0.3, -0.25) is 0 Å². The number of pyridine rings is 1. The van der Waals surface area contributed by atoms with E-state index in [4.69, 9.17) is 10.00 Å². The van der Waals surface area contributed by atoms with Gasteiger partial charge in [-0.1, -0.05) is 0 Å². The number of nitriles is 1. The van der Waals surface area contributed by atoms with Gasteiger partial charge in [-0.15, -0.1) is 0 Å². The molecule has 0 spiro atoms. The van der Waals surface area contributed by atoms with Crippen molar-refractivity contribution in [3.8, 4) is 6.07 Å². The smallest absolute Gasteiger partial charge is 0.127 e. The predicted molar refractivity (Wildman–Crippen MR) is 67.9 cm³/mol. The lowest BCUT2D eigenvalue weighted by Gasteiger charge is -2.25. The average molecular weight is 233 g/mol. The Morgan fingerprint density at radius 1 is 1.47 bits per heavy atom. The van der Waals surface area contributed by atoms with Crippen LogP contribution in [0.2, 0.25) is 0 Å². The average Bonchev–Trinajstić information content (AvgIpc) is 2.26. The number of anilines is 1. The maximum Gasteiger partial charge on any atom is 0.127 e. The lowest BCUT2D eigenvalue weighted by Crippen LogP contribution is -2.33. The number of ether oxygens (including phenoxy) is 1. The standard InChI is InChI=1S/C13H19N3O/c1-5-17-13(3,4)9-15-12-7-11(8-14)6-10(2)16-12/h6-7H,5,9H2,1-4H3,(H,15,16). The maximum absolute atomic E-state index is 8.87. The van der Waals surface area contributed by atoms with E-state index >= 15 is 0 Å². The molecular formula is C13H19N3O. The number of nitrogens with zero attached hydrogens (tertiary/aromatic N) is 2. The second kappa shape index (κ2) is 5.65. The number of hydrogen-bond donors (Lipinski definition) is 1. The molecule has 0 radical (unpaired) electrons. The summed E-state index contributed by atoms with van der Waals surface area (Å²) < 4.78 is 5.58. The second-order valence-electron chi connectivity index (χ2n) is 4.54. The molecule has 4 heteroatoms. The van der Waals surface area contributed by atoms with Crippen molar-refractivity contribution >= 4 is 5.82 Å². The van der Waals surface area contributed by atoms with Crippen LogP contribution in [0.4, 0.5) is 5.82 Å². The Morgan fingerprint density at radius 2 is 2.18 bits per heavy atom. The Kier molecular flexibility index (Phi) is 4.47. The molecule has 0 amide bonds. The number of aryl methyl sites for hydroxylation is 1. The van der Waals surface area contributed by atoms with E-state index in [0.29, 0.717) is 24.5 Å². The van der Waals surface area contributed by atoms with Crippen LogP contribution in [-0.4, -0.2) is 23.7 Å². The topological polar surface area (TPSA) is 57.9 Å². The Labute approximate surface area is 103 Å². The van der Waals surface area contributed by atoms with Crippen molar-refractivity contribution in [1.82, 2.24) is 4.98 Å². The van der Waals surface area contributed by atoms with Crippen LogP contribution in [0.3, 0.4) is 0 Å². The van der Waals surface area contributed by atoms with Crippen molar-refractivity contribution in [2.45, 2.75) is 33.3 Å². The molecule has 1 aromatic heterocycles. The minimum Gasteiger partial charge on any atom is -0.374 e. The third-order valence-corrected chi connectivity index (χ3v) is 2.31. The number of aromatic nitrogens is 1. The summed E-state index contributed by atoms with van der Waals surface area (Å²) in [6.45, 7) is 9.22. The van der Waals surface area contributed by atoms with Crippen LogP contribution in [0.1, 0.15) is 32.0 Å². The van der Waals surface area contributed by atoms with Crippen molar-refractivity contribution in [3.63, 3.8) is 0 Å². The fourth-order valence-corrected chi connectivity index (χ4v) is 1.57. The Balaban J connectivity index is 2.70. The lowest BCUT2D eigenvalue weighted by atomic mass is 10.1. The fraction of sp³-hybridized carbons (Fsp3) is 0.538. The third kappa shape index (κ3) is 4.41. The highest BCUT2D eigenvalue weighted by Gasteiger charge is 2.17. The molecule has 0 aliphatic carbocycles. The first kappa shape index (κ1) is 13.5. The summed E-state index contributed by atoms with van der Waals surface area (Å²) in [7, 11) is 0. The molecule has 0 saturated heterocycles. The van der Waals surface area contributed by atoms with Crippen LogP contribution >= 0.6 is 0 Å². The van der Waals surface area contributed by atoms with Crippen LogP contribution in [0.5, 0.6) is 0 Å². The van der Waals surface area contributed by atoms with Crippen molar-refractivity contribution in [2.24, 2.45) is 0 Å². The molecule has 17 heavy (non-hydrogen) atoms. The molecule has 0 aliphatic rings.